The van der Waals surface area contributed by atoms with Gasteiger partial charge >= 0.3 is 0 Å². The lowest BCUT2D eigenvalue weighted by molar-refractivity contribution is 0.412. The maximum Gasteiger partial charge on any atom is 0.199 e. The molecule has 1 heterocycles. The van der Waals surface area contributed by atoms with E-state index in [9.17, 15) is 8.78 Å². The number of fused-ring (bicyclic) bond motifs is 1. The highest BCUT2D eigenvalue weighted by atomic mass is 19.2. The Labute approximate surface area is 179 Å². The van der Waals surface area contributed by atoms with E-state index in [1.54, 1.807) is 9.80 Å². The quantitative estimate of drug-likeness (QED) is 0.239. The van der Waals surface area contributed by atoms with Crippen molar-refractivity contribution < 1.29 is 17.6 Å². The van der Waals surface area contributed by atoms with Crippen LogP contribution < -0.4 is 9.80 Å². The molecule has 0 spiro atoms. The number of hydrogen-bond acceptors (Lipinski definition) is 2. The Hall–Kier alpha value is -3.02. The van der Waals surface area contributed by atoms with Crippen molar-refractivity contribution in [2.24, 2.45) is 0 Å². The topological polar surface area (TPSA) is 6.48 Å². The smallest absolute Gasteiger partial charge is 0.199 e. The molecule has 3 aromatic rings. The maximum absolute atomic E-state index is 15.1. The minimum atomic E-state index is -1.80. The van der Waals surface area contributed by atoms with Crippen molar-refractivity contribution in [3.8, 4) is 0 Å². The van der Waals surface area contributed by atoms with E-state index in [1.807, 2.05) is 65.8 Å². The van der Waals surface area contributed by atoms with Crippen LogP contribution in [0.1, 0.15) is 33.4 Å². The largest absolute Gasteiger partial charge is 0.318 e. The molecular formula is C25H24F4N2. The first-order chi connectivity index (χ1) is 14.5. The second-order valence-corrected chi connectivity index (χ2v) is 8.45. The van der Waals surface area contributed by atoms with Crippen LogP contribution in [0.5, 0.6) is 0 Å². The van der Waals surface area contributed by atoms with Crippen molar-refractivity contribution in [1.82, 2.24) is 0 Å². The second kappa shape index (κ2) is 7.29. The molecule has 0 saturated carbocycles. The lowest BCUT2D eigenvalue weighted by atomic mass is 10.0. The van der Waals surface area contributed by atoms with Gasteiger partial charge in [-0.15, -0.1) is 0 Å². The van der Waals surface area contributed by atoms with Crippen LogP contribution >= 0.6 is 0 Å². The summed E-state index contributed by atoms with van der Waals surface area (Å²) in [5.74, 6) is -6.39. The van der Waals surface area contributed by atoms with Crippen LogP contribution in [0.2, 0.25) is 0 Å². The number of rotatable bonds is 2. The maximum atomic E-state index is 15.1. The van der Waals surface area contributed by atoms with Crippen molar-refractivity contribution in [3.63, 3.8) is 0 Å². The van der Waals surface area contributed by atoms with E-state index >= 15 is 8.78 Å². The first kappa shape index (κ1) is 21.2. The van der Waals surface area contributed by atoms with Gasteiger partial charge in [-0.1, -0.05) is 35.4 Å². The highest BCUT2D eigenvalue weighted by Gasteiger charge is 2.40. The molecule has 4 rings (SSSR count). The molecule has 0 aliphatic carbocycles. The molecule has 0 bridgehead atoms. The minimum Gasteiger partial charge on any atom is -0.318 e. The van der Waals surface area contributed by atoms with Crippen molar-refractivity contribution in [2.75, 3.05) is 16.5 Å². The van der Waals surface area contributed by atoms with Crippen LogP contribution in [0.3, 0.4) is 0 Å². The zero-order valence-corrected chi connectivity index (χ0v) is 18.4. The van der Waals surface area contributed by atoms with E-state index in [-0.39, 0.29) is 18.0 Å². The Kier molecular flexibility index (Phi) is 4.99. The summed E-state index contributed by atoms with van der Waals surface area (Å²) in [5.41, 5.74) is 6.15. The summed E-state index contributed by atoms with van der Waals surface area (Å²) in [6, 6.07) is 7.73. The third-order valence-corrected chi connectivity index (χ3v) is 5.85. The number of anilines is 4. The molecule has 0 radical (unpaired) electrons. The number of aryl methyl sites for hydroxylation is 6. The zero-order chi connectivity index (χ0) is 22.8. The van der Waals surface area contributed by atoms with Gasteiger partial charge in [0, 0.05) is 11.4 Å². The molecule has 0 aromatic heterocycles. The van der Waals surface area contributed by atoms with Gasteiger partial charge in [0.05, 0.1) is 0 Å². The van der Waals surface area contributed by atoms with Crippen LogP contribution in [0, 0.1) is 64.8 Å². The van der Waals surface area contributed by atoms with Gasteiger partial charge in [-0.3, -0.25) is 0 Å². The average Bonchev–Trinajstić information content (AvgIpc) is 3.02. The SMILES string of the molecule is Cc1cc(C)c(N2CN(c3c(C)cc(C)cc3C)c3c(F)c(F)c(F)c(F)c32)c(C)c1. The first-order valence-corrected chi connectivity index (χ1v) is 10.1. The minimum absolute atomic E-state index is 0.0293. The van der Waals surface area contributed by atoms with E-state index in [1.165, 1.54) is 0 Å². The molecule has 0 unspecified atom stereocenters. The Morgan fingerprint density at radius 3 is 1.06 bits per heavy atom. The number of benzene rings is 3. The molecule has 1 aliphatic heterocycles. The summed E-state index contributed by atoms with van der Waals surface area (Å²) in [6.45, 7) is 11.4. The van der Waals surface area contributed by atoms with Crippen LogP contribution in [0.25, 0.3) is 0 Å². The Morgan fingerprint density at radius 1 is 0.484 bits per heavy atom. The van der Waals surface area contributed by atoms with Gasteiger partial charge in [-0.05, 0) is 63.8 Å². The Morgan fingerprint density at radius 2 is 0.774 bits per heavy atom. The van der Waals surface area contributed by atoms with Gasteiger partial charge in [0.1, 0.15) is 18.0 Å². The van der Waals surface area contributed by atoms with Crippen LogP contribution in [0.4, 0.5) is 40.3 Å². The number of hydrogen-bond donors (Lipinski definition) is 0. The summed E-state index contributed by atoms with van der Waals surface area (Å²) in [6.07, 6.45) is 0. The highest BCUT2D eigenvalue weighted by Crippen LogP contribution is 2.51. The molecule has 3 aromatic carbocycles. The molecule has 0 amide bonds. The predicted octanol–water partition coefficient (Wildman–Crippen LogP) is 7.34. The molecule has 0 saturated heterocycles. The van der Waals surface area contributed by atoms with Crippen LogP contribution in [-0.2, 0) is 0 Å². The van der Waals surface area contributed by atoms with E-state index in [0.29, 0.717) is 11.4 Å². The third-order valence-electron chi connectivity index (χ3n) is 5.85. The second-order valence-electron chi connectivity index (χ2n) is 8.45. The van der Waals surface area contributed by atoms with Gasteiger partial charge in [0.2, 0.25) is 0 Å². The van der Waals surface area contributed by atoms with Gasteiger partial charge in [0.15, 0.2) is 23.3 Å². The lowest BCUT2D eigenvalue weighted by Gasteiger charge is -2.27. The van der Waals surface area contributed by atoms with Crippen molar-refractivity contribution >= 4 is 22.7 Å². The van der Waals surface area contributed by atoms with Crippen molar-refractivity contribution in [1.29, 1.82) is 0 Å². The molecule has 31 heavy (non-hydrogen) atoms. The summed E-state index contributed by atoms with van der Waals surface area (Å²) >= 11 is 0. The first-order valence-electron chi connectivity index (χ1n) is 10.1. The lowest BCUT2D eigenvalue weighted by Crippen LogP contribution is -2.26. The number of nitrogens with zero attached hydrogens (tertiary/aromatic N) is 2. The molecule has 0 N–H and O–H groups in total. The zero-order valence-electron chi connectivity index (χ0n) is 18.4. The Balaban J connectivity index is 2.05. The van der Waals surface area contributed by atoms with Crippen LogP contribution in [-0.4, -0.2) is 6.67 Å². The summed E-state index contributed by atoms with van der Waals surface area (Å²) in [4.78, 5) is 3.08. The molecule has 2 nitrogen and oxygen atoms in total. The van der Waals surface area contributed by atoms with Gasteiger partial charge in [0.25, 0.3) is 0 Å². The van der Waals surface area contributed by atoms with E-state index in [4.69, 9.17) is 0 Å². The predicted molar refractivity (Wildman–Crippen MR) is 117 cm³/mol. The summed E-state index contributed by atoms with van der Waals surface area (Å²) in [5, 5.41) is 0. The van der Waals surface area contributed by atoms with E-state index in [2.05, 4.69) is 0 Å². The number of halogens is 4. The molecule has 0 fully saturated rings. The fraction of sp³-hybridized carbons (Fsp3) is 0.280. The summed E-state index contributed by atoms with van der Waals surface area (Å²) in [7, 11) is 0. The summed E-state index contributed by atoms with van der Waals surface area (Å²) < 4.78 is 58.9. The van der Waals surface area contributed by atoms with Gasteiger partial charge in [-0.25, -0.2) is 17.6 Å². The van der Waals surface area contributed by atoms with Gasteiger partial charge < -0.3 is 9.80 Å². The standard InChI is InChI=1S/C25H24F4N2/c1-12-7-14(3)22(15(4)8-12)30-11-31(23-16(5)9-13(2)10-17(23)6)25-21(29)19(27)18(26)20(28)24(25)30/h7-10H,11H2,1-6H3. The normalized spacial score (nSPS) is 13.2. The monoisotopic (exact) mass is 428 g/mol. The Bertz CT molecular complexity index is 1090. The molecular weight excluding hydrogens is 404 g/mol. The molecule has 0 atom stereocenters. The average molecular weight is 428 g/mol. The van der Waals surface area contributed by atoms with Gasteiger partial charge in [-0.2, -0.15) is 0 Å². The fourth-order valence-corrected chi connectivity index (χ4v) is 4.95. The molecule has 6 heteroatoms. The molecule has 162 valence electrons. The van der Waals surface area contributed by atoms with Crippen molar-refractivity contribution in [3.05, 3.63) is 80.9 Å². The van der Waals surface area contributed by atoms with Crippen molar-refractivity contribution in [2.45, 2.75) is 41.5 Å². The molecule has 1 aliphatic rings. The highest BCUT2D eigenvalue weighted by molar-refractivity contribution is 5.90. The van der Waals surface area contributed by atoms with E-state index in [0.717, 1.165) is 33.4 Å². The third kappa shape index (κ3) is 3.16. The van der Waals surface area contributed by atoms with Crippen LogP contribution in [0.15, 0.2) is 24.3 Å². The fourth-order valence-electron chi connectivity index (χ4n) is 4.95. The van der Waals surface area contributed by atoms with E-state index < -0.39 is 23.3 Å².